The van der Waals surface area contributed by atoms with Crippen LogP contribution < -0.4 is 9.64 Å². The molecule has 0 radical (unpaired) electrons. The van der Waals surface area contributed by atoms with Crippen molar-refractivity contribution in [1.29, 1.82) is 0 Å². The van der Waals surface area contributed by atoms with Crippen LogP contribution in [0.2, 0.25) is 0 Å². The summed E-state index contributed by atoms with van der Waals surface area (Å²) in [5.74, 6) is 1.75. The van der Waals surface area contributed by atoms with E-state index < -0.39 is 0 Å². The summed E-state index contributed by atoms with van der Waals surface area (Å²) in [6.45, 7) is 4.20. The molecule has 44 heavy (non-hydrogen) atoms. The number of aryl methyl sites for hydroxylation is 2. The predicted molar refractivity (Wildman–Crippen MR) is 182 cm³/mol. The quantitative estimate of drug-likeness (QED) is 0.212. The maximum absolute atomic E-state index is 6.40. The second kappa shape index (κ2) is 9.38. The minimum absolute atomic E-state index is 0.875. The zero-order valence-corrected chi connectivity index (χ0v) is 24.5. The molecule has 9 rings (SSSR count). The van der Waals surface area contributed by atoms with Crippen molar-refractivity contribution in [3.05, 3.63) is 151 Å². The van der Waals surface area contributed by atoms with E-state index in [-0.39, 0.29) is 0 Å². The van der Waals surface area contributed by atoms with E-state index in [0.717, 1.165) is 39.9 Å². The highest BCUT2D eigenvalue weighted by Crippen LogP contribution is 2.51. The molecule has 0 aliphatic carbocycles. The number of benzene rings is 6. The first-order chi connectivity index (χ1) is 21.6. The Morgan fingerprint density at radius 2 is 1.14 bits per heavy atom. The van der Waals surface area contributed by atoms with E-state index in [1.165, 1.54) is 43.8 Å². The molecule has 1 aliphatic rings. The van der Waals surface area contributed by atoms with Crippen LogP contribution in [-0.4, -0.2) is 9.13 Å². The molecule has 0 saturated heterocycles. The van der Waals surface area contributed by atoms with Gasteiger partial charge in [0.2, 0.25) is 0 Å². The summed E-state index contributed by atoms with van der Waals surface area (Å²) in [6.07, 6.45) is 2.18. The van der Waals surface area contributed by atoms with Crippen LogP contribution in [0.4, 0.5) is 17.1 Å². The van der Waals surface area contributed by atoms with Crippen molar-refractivity contribution in [3.8, 4) is 22.9 Å². The minimum Gasteiger partial charge on any atom is -0.453 e. The molecule has 0 spiro atoms. The normalized spacial score (nSPS) is 12.5. The first-order valence-electron chi connectivity index (χ1n) is 15.0. The van der Waals surface area contributed by atoms with Crippen LogP contribution in [0.15, 0.2) is 140 Å². The summed E-state index contributed by atoms with van der Waals surface area (Å²) in [4.78, 5) is 2.31. The van der Waals surface area contributed by atoms with Gasteiger partial charge in [-0.3, -0.25) is 0 Å². The third-order valence-corrected chi connectivity index (χ3v) is 8.84. The monoisotopic (exact) mass is 567 g/mol. The van der Waals surface area contributed by atoms with Crippen molar-refractivity contribution in [2.24, 2.45) is 0 Å². The highest BCUT2D eigenvalue weighted by atomic mass is 16.5. The zero-order chi connectivity index (χ0) is 29.4. The summed E-state index contributed by atoms with van der Waals surface area (Å²) in [7, 11) is 0. The second-order valence-corrected chi connectivity index (χ2v) is 11.7. The third kappa shape index (κ3) is 3.64. The third-order valence-electron chi connectivity index (χ3n) is 8.84. The molecule has 1 aliphatic heterocycles. The van der Waals surface area contributed by atoms with Crippen LogP contribution in [0.25, 0.3) is 44.1 Å². The Hall–Kier alpha value is -5.74. The van der Waals surface area contributed by atoms with Crippen molar-refractivity contribution in [2.45, 2.75) is 13.8 Å². The van der Waals surface area contributed by atoms with Gasteiger partial charge in [0.15, 0.2) is 11.5 Å². The van der Waals surface area contributed by atoms with E-state index in [9.17, 15) is 0 Å². The number of anilines is 3. The Morgan fingerprint density at radius 1 is 0.477 bits per heavy atom. The maximum atomic E-state index is 6.40. The molecule has 0 amide bonds. The van der Waals surface area contributed by atoms with Gasteiger partial charge in [-0.1, -0.05) is 54.6 Å². The van der Waals surface area contributed by atoms with Crippen LogP contribution in [0.3, 0.4) is 0 Å². The van der Waals surface area contributed by atoms with E-state index >= 15 is 0 Å². The van der Waals surface area contributed by atoms with Gasteiger partial charge in [0.05, 0.1) is 27.9 Å². The molecule has 0 unspecified atom stereocenters. The van der Waals surface area contributed by atoms with E-state index in [4.69, 9.17) is 4.74 Å². The molecule has 0 saturated carbocycles. The molecule has 0 bridgehead atoms. The SMILES string of the molecule is Cc1ccc2c(c1)Oc1cc(C)ccc1N2c1ccc(-n2c3ccccc3c3ccc4c(ccn4-c4ccccc4)c32)cc1. The van der Waals surface area contributed by atoms with Crippen LogP contribution in [-0.2, 0) is 0 Å². The average Bonchev–Trinajstić information content (AvgIpc) is 3.64. The lowest BCUT2D eigenvalue weighted by Gasteiger charge is -2.33. The van der Waals surface area contributed by atoms with Gasteiger partial charge in [0.25, 0.3) is 0 Å². The van der Waals surface area contributed by atoms with Gasteiger partial charge in [0, 0.05) is 39.4 Å². The van der Waals surface area contributed by atoms with Gasteiger partial charge in [-0.25, -0.2) is 0 Å². The van der Waals surface area contributed by atoms with E-state index in [1.54, 1.807) is 0 Å². The van der Waals surface area contributed by atoms with Crippen LogP contribution in [0.5, 0.6) is 11.5 Å². The average molecular weight is 568 g/mol. The fourth-order valence-corrected chi connectivity index (χ4v) is 6.81. The smallest absolute Gasteiger partial charge is 0.151 e. The fraction of sp³-hybridized carbons (Fsp3) is 0.0500. The molecule has 4 nitrogen and oxygen atoms in total. The molecule has 4 heteroatoms. The fourth-order valence-electron chi connectivity index (χ4n) is 6.81. The number of para-hydroxylation sites is 2. The van der Waals surface area contributed by atoms with E-state index in [0.29, 0.717) is 0 Å². The first-order valence-corrected chi connectivity index (χ1v) is 15.0. The van der Waals surface area contributed by atoms with Crippen molar-refractivity contribution in [1.82, 2.24) is 9.13 Å². The highest BCUT2D eigenvalue weighted by Gasteiger charge is 2.26. The molecule has 0 atom stereocenters. The Balaban J connectivity index is 1.24. The molecule has 0 fully saturated rings. The summed E-state index contributed by atoms with van der Waals surface area (Å²) in [5, 5.41) is 3.74. The number of nitrogens with zero attached hydrogens (tertiary/aromatic N) is 3. The number of aromatic nitrogens is 2. The molecule has 8 aromatic rings. The molecule has 210 valence electrons. The Kier molecular flexibility index (Phi) is 5.29. The lowest BCUT2D eigenvalue weighted by atomic mass is 10.1. The molecule has 3 heterocycles. The van der Waals surface area contributed by atoms with Crippen molar-refractivity contribution in [2.75, 3.05) is 4.90 Å². The lowest BCUT2D eigenvalue weighted by molar-refractivity contribution is 0.476. The van der Waals surface area contributed by atoms with Gasteiger partial charge < -0.3 is 18.8 Å². The van der Waals surface area contributed by atoms with Crippen molar-refractivity contribution < 1.29 is 4.74 Å². The van der Waals surface area contributed by atoms with Gasteiger partial charge in [-0.2, -0.15) is 0 Å². The lowest BCUT2D eigenvalue weighted by Crippen LogP contribution is -2.16. The molecule has 0 N–H and O–H groups in total. The Morgan fingerprint density at radius 3 is 1.86 bits per heavy atom. The van der Waals surface area contributed by atoms with Crippen molar-refractivity contribution in [3.63, 3.8) is 0 Å². The largest absolute Gasteiger partial charge is 0.453 e. The van der Waals surface area contributed by atoms with Gasteiger partial charge >= 0.3 is 0 Å². The summed E-state index contributed by atoms with van der Waals surface area (Å²) in [6, 6.07) is 47.8. The number of fused-ring (bicyclic) bond motifs is 7. The van der Waals surface area contributed by atoms with Crippen molar-refractivity contribution >= 4 is 49.8 Å². The molecular weight excluding hydrogens is 538 g/mol. The van der Waals surface area contributed by atoms with E-state index in [1.807, 2.05) is 0 Å². The number of ether oxygens (including phenoxy) is 1. The topological polar surface area (TPSA) is 22.3 Å². The van der Waals surface area contributed by atoms with Gasteiger partial charge in [-0.05, 0) is 104 Å². The second-order valence-electron chi connectivity index (χ2n) is 11.7. The number of hydrogen-bond acceptors (Lipinski definition) is 2. The van der Waals surface area contributed by atoms with Gasteiger partial charge in [-0.15, -0.1) is 0 Å². The Labute approximate surface area is 255 Å². The summed E-state index contributed by atoms with van der Waals surface area (Å²) < 4.78 is 11.1. The minimum atomic E-state index is 0.875. The number of rotatable bonds is 3. The maximum Gasteiger partial charge on any atom is 0.151 e. The van der Waals surface area contributed by atoms with Gasteiger partial charge in [0.1, 0.15) is 0 Å². The standard InChI is InChI=1S/C40H29N3O/c1-26-12-19-36-38(24-26)44-39-25-27(2)13-20-37(39)42(36)29-14-16-30(17-15-29)43-35-11-7-6-10-31(35)32-18-21-34-33(40(32)43)22-23-41(34)28-8-4-3-5-9-28/h3-25H,1-2H3. The summed E-state index contributed by atoms with van der Waals surface area (Å²) in [5.41, 5.74) is 11.4. The van der Waals surface area contributed by atoms with Crippen LogP contribution in [0.1, 0.15) is 11.1 Å². The first kappa shape index (κ1) is 24.8. The molecule has 2 aromatic heterocycles. The van der Waals surface area contributed by atoms with Crippen LogP contribution in [0, 0.1) is 13.8 Å². The molecular formula is C40H29N3O. The summed E-state index contributed by atoms with van der Waals surface area (Å²) >= 11 is 0. The van der Waals surface area contributed by atoms with E-state index in [2.05, 4.69) is 168 Å². The number of hydrogen-bond donors (Lipinski definition) is 0. The van der Waals surface area contributed by atoms with Crippen LogP contribution >= 0.6 is 0 Å². The zero-order valence-electron chi connectivity index (χ0n) is 24.5. The predicted octanol–water partition coefficient (Wildman–Crippen LogP) is 10.9. The molecule has 6 aromatic carbocycles. The Bertz CT molecular complexity index is 2330. The highest BCUT2D eigenvalue weighted by molar-refractivity contribution is 6.18.